The van der Waals surface area contributed by atoms with Gasteiger partial charge in [0, 0.05) is 24.7 Å². The minimum absolute atomic E-state index is 0.344. The Balaban J connectivity index is 2.12. The maximum atomic E-state index is 6.02. The molecule has 0 fully saturated rings. The Kier molecular flexibility index (Phi) is 3.12. The Morgan fingerprint density at radius 3 is 2.47 bits per heavy atom. The van der Waals surface area contributed by atoms with E-state index in [-0.39, 0.29) is 0 Å². The van der Waals surface area contributed by atoms with Crippen molar-refractivity contribution in [3.05, 3.63) is 54.2 Å². The highest BCUT2D eigenvalue weighted by molar-refractivity contribution is 6.29. The van der Waals surface area contributed by atoms with Gasteiger partial charge in [-0.2, -0.15) is 0 Å². The highest BCUT2D eigenvalue weighted by Gasteiger charge is 2.09. The molecule has 0 aliphatic carbocycles. The Labute approximate surface area is 114 Å². The van der Waals surface area contributed by atoms with Crippen LogP contribution in [0.25, 0.3) is 22.9 Å². The van der Waals surface area contributed by atoms with E-state index in [1.807, 2.05) is 18.2 Å². The smallest absolute Gasteiger partial charge is 0.181 e. The normalized spacial score (nSPS) is 10.4. The topological polar surface area (TPSA) is 64.5 Å². The van der Waals surface area contributed by atoms with Crippen LogP contribution in [0, 0.1) is 0 Å². The number of nitrogens with zero attached hydrogens (tertiary/aromatic N) is 5. The van der Waals surface area contributed by atoms with Crippen molar-refractivity contribution in [2.24, 2.45) is 0 Å². The van der Waals surface area contributed by atoms with E-state index >= 15 is 0 Å². The average Bonchev–Trinajstić information content (AvgIpc) is 2.48. The standard InChI is InChI=1S/C13H8ClN5/c14-12-7-10(9-3-1-2-4-16-9)18-13(19-12)11-8-15-5-6-17-11/h1-8H. The molecule has 0 aromatic carbocycles. The van der Waals surface area contributed by atoms with Crippen molar-refractivity contribution < 1.29 is 0 Å². The van der Waals surface area contributed by atoms with E-state index in [1.54, 1.807) is 30.9 Å². The highest BCUT2D eigenvalue weighted by atomic mass is 35.5. The lowest BCUT2D eigenvalue weighted by molar-refractivity contribution is 1.11. The molecule has 0 saturated carbocycles. The molecule has 0 N–H and O–H groups in total. The van der Waals surface area contributed by atoms with E-state index in [4.69, 9.17) is 11.6 Å². The summed E-state index contributed by atoms with van der Waals surface area (Å²) in [7, 11) is 0. The monoisotopic (exact) mass is 269 g/mol. The summed E-state index contributed by atoms with van der Waals surface area (Å²) in [6.07, 6.45) is 6.47. The summed E-state index contributed by atoms with van der Waals surface area (Å²) in [4.78, 5) is 21.0. The number of pyridine rings is 1. The second-order valence-corrected chi connectivity index (χ2v) is 4.09. The molecule has 0 atom stereocenters. The first-order valence-corrected chi connectivity index (χ1v) is 5.93. The van der Waals surface area contributed by atoms with Gasteiger partial charge in [0.05, 0.1) is 17.6 Å². The number of hydrogen-bond acceptors (Lipinski definition) is 5. The van der Waals surface area contributed by atoms with Gasteiger partial charge in [-0.15, -0.1) is 0 Å². The molecule has 0 radical (unpaired) electrons. The molecular formula is C13H8ClN5. The van der Waals surface area contributed by atoms with Gasteiger partial charge in [-0.05, 0) is 12.1 Å². The lowest BCUT2D eigenvalue weighted by Gasteiger charge is -2.03. The quantitative estimate of drug-likeness (QED) is 0.669. The Hall–Kier alpha value is -2.40. The first-order valence-electron chi connectivity index (χ1n) is 5.55. The van der Waals surface area contributed by atoms with Gasteiger partial charge >= 0.3 is 0 Å². The van der Waals surface area contributed by atoms with E-state index in [1.165, 1.54) is 0 Å². The van der Waals surface area contributed by atoms with Crippen molar-refractivity contribution in [2.75, 3.05) is 0 Å². The fourth-order valence-electron chi connectivity index (χ4n) is 1.59. The summed E-state index contributed by atoms with van der Waals surface area (Å²) in [5.74, 6) is 0.432. The molecule has 6 heteroatoms. The molecule has 0 aliphatic rings. The molecule has 0 bridgehead atoms. The zero-order valence-corrected chi connectivity index (χ0v) is 10.5. The molecule has 3 aromatic rings. The maximum Gasteiger partial charge on any atom is 0.181 e. The molecule has 19 heavy (non-hydrogen) atoms. The summed E-state index contributed by atoms with van der Waals surface area (Å²) >= 11 is 6.02. The third kappa shape index (κ3) is 2.56. The third-order valence-corrected chi connectivity index (χ3v) is 2.61. The molecule has 92 valence electrons. The fourth-order valence-corrected chi connectivity index (χ4v) is 1.78. The highest BCUT2D eigenvalue weighted by Crippen LogP contribution is 2.21. The molecule has 3 heterocycles. The fraction of sp³-hybridized carbons (Fsp3) is 0. The van der Waals surface area contributed by atoms with Crippen LogP contribution in [0.4, 0.5) is 0 Å². The van der Waals surface area contributed by atoms with Crippen LogP contribution in [-0.4, -0.2) is 24.9 Å². The third-order valence-electron chi connectivity index (χ3n) is 2.41. The maximum absolute atomic E-state index is 6.02. The van der Waals surface area contributed by atoms with Gasteiger partial charge in [-0.1, -0.05) is 17.7 Å². The molecule has 0 unspecified atom stereocenters. The van der Waals surface area contributed by atoms with Crippen LogP contribution in [0.15, 0.2) is 49.1 Å². The lowest BCUT2D eigenvalue weighted by Crippen LogP contribution is -1.96. The molecule has 0 aliphatic heterocycles. The largest absolute Gasteiger partial charge is 0.261 e. The van der Waals surface area contributed by atoms with Gasteiger partial charge in [-0.3, -0.25) is 9.97 Å². The summed E-state index contributed by atoms with van der Waals surface area (Å²) < 4.78 is 0. The Morgan fingerprint density at radius 1 is 0.842 bits per heavy atom. The van der Waals surface area contributed by atoms with Crippen molar-refractivity contribution in [3.8, 4) is 22.9 Å². The second-order valence-electron chi connectivity index (χ2n) is 3.71. The minimum atomic E-state index is 0.344. The molecule has 0 amide bonds. The predicted octanol–water partition coefficient (Wildman–Crippen LogP) is 2.65. The number of rotatable bonds is 2. The molecule has 3 aromatic heterocycles. The van der Waals surface area contributed by atoms with Crippen LogP contribution in [0.3, 0.4) is 0 Å². The van der Waals surface area contributed by atoms with Crippen molar-refractivity contribution in [3.63, 3.8) is 0 Å². The Bertz CT molecular complexity index is 630. The molecular weight excluding hydrogens is 262 g/mol. The van der Waals surface area contributed by atoms with Crippen molar-refractivity contribution >= 4 is 11.6 Å². The molecule has 0 spiro atoms. The molecule has 5 nitrogen and oxygen atoms in total. The van der Waals surface area contributed by atoms with Crippen molar-refractivity contribution in [2.45, 2.75) is 0 Å². The number of aromatic nitrogens is 5. The van der Waals surface area contributed by atoms with Gasteiger partial charge in [0.25, 0.3) is 0 Å². The first kappa shape index (κ1) is 11.7. The SMILES string of the molecule is Clc1cc(-c2ccccn2)nc(-c2cnccn2)n1. The van der Waals surface area contributed by atoms with E-state index < -0.39 is 0 Å². The number of halogens is 1. The zero-order valence-electron chi connectivity index (χ0n) is 9.73. The van der Waals surface area contributed by atoms with Gasteiger partial charge in [0.15, 0.2) is 5.82 Å². The van der Waals surface area contributed by atoms with Crippen LogP contribution in [0.5, 0.6) is 0 Å². The predicted molar refractivity (Wildman–Crippen MR) is 71.3 cm³/mol. The number of hydrogen-bond donors (Lipinski definition) is 0. The van der Waals surface area contributed by atoms with Crippen LogP contribution in [-0.2, 0) is 0 Å². The Morgan fingerprint density at radius 2 is 1.74 bits per heavy atom. The second kappa shape index (κ2) is 5.07. The van der Waals surface area contributed by atoms with Crippen molar-refractivity contribution in [1.29, 1.82) is 0 Å². The summed E-state index contributed by atoms with van der Waals surface area (Å²) in [6, 6.07) is 7.26. The van der Waals surface area contributed by atoms with Gasteiger partial charge in [0.1, 0.15) is 10.8 Å². The lowest BCUT2D eigenvalue weighted by atomic mass is 10.2. The van der Waals surface area contributed by atoms with E-state index in [0.717, 1.165) is 5.69 Å². The van der Waals surface area contributed by atoms with E-state index in [2.05, 4.69) is 24.9 Å². The van der Waals surface area contributed by atoms with Gasteiger partial charge in [0.2, 0.25) is 0 Å². The van der Waals surface area contributed by atoms with Crippen LogP contribution in [0.2, 0.25) is 5.15 Å². The van der Waals surface area contributed by atoms with E-state index in [0.29, 0.717) is 22.4 Å². The zero-order chi connectivity index (χ0) is 13.1. The van der Waals surface area contributed by atoms with Gasteiger partial charge < -0.3 is 0 Å². The molecule has 3 rings (SSSR count). The van der Waals surface area contributed by atoms with Crippen LogP contribution < -0.4 is 0 Å². The summed E-state index contributed by atoms with van der Waals surface area (Å²) in [5, 5.41) is 0.344. The van der Waals surface area contributed by atoms with E-state index in [9.17, 15) is 0 Å². The summed E-state index contributed by atoms with van der Waals surface area (Å²) in [6.45, 7) is 0. The first-order chi connectivity index (χ1) is 9.33. The van der Waals surface area contributed by atoms with Gasteiger partial charge in [-0.25, -0.2) is 15.0 Å². The van der Waals surface area contributed by atoms with Crippen LogP contribution >= 0.6 is 11.6 Å². The minimum Gasteiger partial charge on any atom is -0.261 e. The average molecular weight is 270 g/mol. The van der Waals surface area contributed by atoms with Crippen molar-refractivity contribution in [1.82, 2.24) is 24.9 Å². The summed E-state index contributed by atoms with van der Waals surface area (Å²) in [5.41, 5.74) is 1.96. The van der Waals surface area contributed by atoms with Crippen LogP contribution in [0.1, 0.15) is 0 Å². The molecule has 0 saturated heterocycles.